The smallest absolute Gasteiger partial charge is 0.266 e. The highest BCUT2D eigenvalue weighted by atomic mass is 79.9. The molecule has 31 heavy (non-hydrogen) atoms. The molecule has 0 aliphatic heterocycles. The van der Waals surface area contributed by atoms with Gasteiger partial charge in [-0.05, 0) is 54.5 Å². The molecule has 0 aromatic heterocycles. The molecule has 156 valence electrons. The largest absolute Gasteiger partial charge is 0.495 e. The molecule has 0 heterocycles. The third-order valence-corrected chi connectivity index (χ3v) is 5.02. The van der Waals surface area contributed by atoms with E-state index in [1.165, 1.54) is 13.2 Å². The maximum atomic E-state index is 12.7. The second kappa shape index (κ2) is 10.5. The molecule has 5 nitrogen and oxygen atoms in total. The summed E-state index contributed by atoms with van der Waals surface area (Å²) >= 11 is 3.41. The molecule has 0 atom stereocenters. The Bertz CT molecular complexity index is 1150. The van der Waals surface area contributed by atoms with E-state index in [0.717, 1.165) is 15.6 Å². The van der Waals surface area contributed by atoms with Crippen molar-refractivity contribution in [2.45, 2.75) is 13.5 Å². The molecule has 3 rings (SSSR count). The average molecular weight is 477 g/mol. The lowest BCUT2D eigenvalue weighted by molar-refractivity contribution is -0.112. The minimum atomic E-state index is -0.519. The zero-order valence-corrected chi connectivity index (χ0v) is 18.8. The van der Waals surface area contributed by atoms with E-state index in [0.29, 0.717) is 29.4 Å². The molecule has 0 saturated carbocycles. The van der Waals surface area contributed by atoms with Crippen LogP contribution in [0.4, 0.5) is 5.69 Å². The van der Waals surface area contributed by atoms with Crippen molar-refractivity contribution >= 4 is 33.6 Å². The van der Waals surface area contributed by atoms with Crippen molar-refractivity contribution in [1.29, 1.82) is 5.26 Å². The first kappa shape index (κ1) is 22.1. The van der Waals surface area contributed by atoms with Gasteiger partial charge >= 0.3 is 0 Å². The summed E-state index contributed by atoms with van der Waals surface area (Å²) in [6, 6.07) is 22.5. The minimum absolute atomic E-state index is 0.0387. The van der Waals surface area contributed by atoms with Crippen molar-refractivity contribution in [3.05, 3.63) is 93.5 Å². The predicted molar refractivity (Wildman–Crippen MR) is 125 cm³/mol. The Labute approximate surface area is 190 Å². The Morgan fingerprint density at radius 2 is 1.84 bits per heavy atom. The van der Waals surface area contributed by atoms with E-state index in [2.05, 4.69) is 21.2 Å². The normalized spacial score (nSPS) is 10.8. The van der Waals surface area contributed by atoms with Crippen LogP contribution in [0.25, 0.3) is 6.08 Å². The van der Waals surface area contributed by atoms with Gasteiger partial charge in [-0.1, -0.05) is 52.3 Å². The van der Waals surface area contributed by atoms with E-state index in [-0.39, 0.29) is 5.57 Å². The van der Waals surface area contributed by atoms with Gasteiger partial charge in [-0.15, -0.1) is 0 Å². The first-order chi connectivity index (χ1) is 15.0. The molecule has 0 saturated heterocycles. The van der Waals surface area contributed by atoms with Crippen LogP contribution in [-0.2, 0) is 11.4 Å². The number of aryl methyl sites for hydroxylation is 1. The third kappa shape index (κ3) is 5.97. The molecule has 3 aromatic rings. The first-order valence-electron chi connectivity index (χ1n) is 9.54. The standard InChI is InChI=1S/C25H21BrN2O3/c1-17-7-12-24(30-2)22(13-17)28-25(29)20(15-27)14-19-5-3-4-6-23(19)31-16-18-8-10-21(26)11-9-18/h3-14H,16H2,1-2H3,(H,28,29)/b20-14+. The van der Waals surface area contributed by atoms with Crippen LogP contribution < -0.4 is 14.8 Å². The number of nitrogens with one attached hydrogen (secondary N) is 1. The first-order valence-corrected chi connectivity index (χ1v) is 10.3. The van der Waals surface area contributed by atoms with Crippen LogP contribution in [0.5, 0.6) is 11.5 Å². The summed E-state index contributed by atoms with van der Waals surface area (Å²) in [4.78, 5) is 12.7. The van der Waals surface area contributed by atoms with Crippen LogP contribution in [-0.4, -0.2) is 13.0 Å². The number of methoxy groups -OCH3 is 1. The van der Waals surface area contributed by atoms with E-state index in [1.807, 2.05) is 55.5 Å². The number of halogens is 1. The third-order valence-electron chi connectivity index (χ3n) is 4.49. The molecule has 0 aliphatic rings. The molecular formula is C25H21BrN2O3. The molecule has 1 N–H and O–H groups in total. The van der Waals surface area contributed by atoms with Gasteiger partial charge in [0, 0.05) is 10.0 Å². The summed E-state index contributed by atoms with van der Waals surface area (Å²) in [5.74, 6) is 0.586. The average Bonchev–Trinajstić information content (AvgIpc) is 2.78. The lowest BCUT2D eigenvalue weighted by Crippen LogP contribution is -2.14. The molecule has 6 heteroatoms. The number of para-hydroxylation sites is 1. The Kier molecular flexibility index (Phi) is 7.47. The highest BCUT2D eigenvalue weighted by Gasteiger charge is 2.14. The van der Waals surface area contributed by atoms with Crippen molar-refractivity contribution in [2.24, 2.45) is 0 Å². The molecule has 0 spiro atoms. The highest BCUT2D eigenvalue weighted by Crippen LogP contribution is 2.27. The monoisotopic (exact) mass is 476 g/mol. The van der Waals surface area contributed by atoms with Gasteiger partial charge < -0.3 is 14.8 Å². The van der Waals surface area contributed by atoms with Gasteiger partial charge in [-0.2, -0.15) is 5.26 Å². The summed E-state index contributed by atoms with van der Waals surface area (Å²) in [6.45, 7) is 2.28. The van der Waals surface area contributed by atoms with E-state index in [4.69, 9.17) is 9.47 Å². The molecule has 0 fully saturated rings. The number of benzene rings is 3. The summed E-state index contributed by atoms with van der Waals surface area (Å²) in [5, 5.41) is 12.3. The fourth-order valence-electron chi connectivity index (χ4n) is 2.89. The summed E-state index contributed by atoms with van der Waals surface area (Å²) in [5.41, 5.74) is 3.08. The van der Waals surface area contributed by atoms with Gasteiger partial charge in [-0.3, -0.25) is 4.79 Å². The van der Waals surface area contributed by atoms with Crippen molar-refractivity contribution in [1.82, 2.24) is 0 Å². The van der Waals surface area contributed by atoms with Crippen molar-refractivity contribution in [3.63, 3.8) is 0 Å². The number of hydrogen-bond acceptors (Lipinski definition) is 4. The number of amides is 1. The van der Waals surface area contributed by atoms with Crippen LogP contribution in [0.15, 0.2) is 76.8 Å². The molecule has 0 aliphatic carbocycles. The number of rotatable bonds is 7. The van der Waals surface area contributed by atoms with E-state index in [1.54, 1.807) is 24.3 Å². The Balaban J connectivity index is 1.81. The molecule has 1 amide bonds. The number of ether oxygens (including phenoxy) is 2. The summed E-state index contributed by atoms with van der Waals surface area (Å²) in [7, 11) is 1.53. The number of carbonyl (C=O) groups is 1. The second-order valence-corrected chi connectivity index (χ2v) is 7.70. The van der Waals surface area contributed by atoms with Gasteiger partial charge in [0.15, 0.2) is 0 Å². The maximum absolute atomic E-state index is 12.7. The second-order valence-electron chi connectivity index (χ2n) is 6.78. The van der Waals surface area contributed by atoms with Crippen LogP contribution >= 0.6 is 15.9 Å². The Hall–Kier alpha value is -3.56. The van der Waals surface area contributed by atoms with Crippen LogP contribution in [0.1, 0.15) is 16.7 Å². The summed E-state index contributed by atoms with van der Waals surface area (Å²) < 4.78 is 12.2. The van der Waals surface area contributed by atoms with Crippen molar-refractivity contribution in [3.8, 4) is 17.6 Å². The molecule has 0 unspecified atom stereocenters. The van der Waals surface area contributed by atoms with E-state index in [9.17, 15) is 10.1 Å². The SMILES string of the molecule is COc1ccc(C)cc1NC(=O)/C(C#N)=C/c1ccccc1OCc1ccc(Br)cc1. The van der Waals surface area contributed by atoms with E-state index < -0.39 is 5.91 Å². The van der Waals surface area contributed by atoms with Gasteiger partial charge in [-0.25, -0.2) is 0 Å². The molecular weight excluding hydrogens is 456 g/mol. The highest BCUT2D eigenvalue weighted by molar-refractivity contribution is 9.10. The van der Waals surface area contributed by atoms with Crippen LogP contribution in [0.3, 0.4) is 0 Å². The molecule has 0 radical (unpaired) electrons. The number of hydrogen-bond donors (Lipinski definition) is 1. The molecule has 0 bridgehead atoms. The quantitative estimate of drug-likeness (QED) is 0.340. The number of nitrogens with zero attached hydrogens (tertiary/aromatic N) is 1. The number of carbonyl (C=O) groups excluding carboxylic acids is 1. The zero-order chi connectivity index (χ0) is 22.2. The zero-order valence-electron chi connectivity index (χ0n) is 17.2. The molecule has 3 aromatic carbocycles. The Morgan fingerprint density at radius 3 is 2.55 bits per heavy atom. The fraction of sp³-hybridized carbons (Fsp3) is 0.120. The number of nitriles is 1. The van der Waals surface area contributed by atoms with Gasteiger partial charge in [0.1, 0.15) is 29.7 Å². The van der Waals surface area contributed by atoms with Crippen molar-refractivity contribution in [2.75, 3.05) is 12.4 Å². The van der Waals surface area contributed by atoms with Gasteiger partial charge in [0.05, 0.1) is 12.8 Å². The topological polar surface area (TPSA) is 71.3 Å². The number of anilines is 1. The van der Waals surface area contributed by atoms with Crippen LogP contribution in [0.2, 0.25) is 0 Å². The Morgan fingerprint density at radius 1 is 1.10 bits per heavy atom. The fourth-order valence-corrected chi connectivity index (χ4v) is 3.15. The van der Waals surface area contributed by atoms with Crippen LogP contribution in [0, 0.1) is 18.3 Å². The van der Waals surface area contributed by atoms with E-state index >= 15 is 0 Å². The maximum Gasteiger partial charge on any atom is 0.266 e. The lowest BCUT2D eigenvalue weighted by Gasteiger charge is -2.12. The minimum Gasteiger partial charge on any atom is -0.495 e. The van der Waals surface area contributed by atoms with Gasteiger partial charge in [0.25, 0.3) is 5.91 Å². The predicted octanol–water partition coefficient (Wildman–Crippen LogP) is 5.89. The lowest BCUT2D eigenvalue weighted by atomic mass is 10.1. The van der Waals surface area contributed by atoms with Gasteiger partial charge in [0.2, 0.25) is 0 Å². The van der Waals surface area contributed by atoms with Crippen molar-refractivity contribution < 1.29 is 14.3 Å². The summed E-state index contributed by atoms with van der Waals surface area (Å²) in [6.07, 6.45) is 1.52.